The molecule has 0 aliphatic heterocycles. The van der Waals surface area contributed by atoms with E-state index >= 15 is 0 Å². The molecule has 4 N–H and O–H groups in total. The van der Waals surface area contributed by atoms with E-state index in [1.54, 1.807) is 17.2 Å². The number of hydrogen-bond acceptors (Lipinski definition) is 12. The van der Waals surface area contributed by atoms with Crippen molar-refractivity contribution in [1.29, 1.82) is 0 Å². The smallest absolute Gasteiger partial charge is 0.210 e. The zero-order valence-electron chi connectivity index (χ0n) is 73.7. The van der Waals surface area contributed by atoms with Crippen molar-refractivity contribution in [3.8, 4) is 0 Å². The van der Waals surface area contributed by atoms with E-state index in [2.05, 4.69) is 149 Å². The Kier molecular flexibility index (Phi) is 34.0. The molecule has 656 valence electrons. The highest BCUT2D eigenvalue weighted by molar-refractivity contribution is 7.96. The van der Waals surface area contributed by atoms with Crippen LogP contribution in [0.2, 0.25) is 0 Å². The van der Waals surface area contributed by atoms with Gasteiger partial charge in [-0.05, 0) is 322 Å². The van der Waals surface area contributed by atoms with Crippen LogP contribution in [0.3, 0.4) is 0 Å². The van der Waals surface area contributed by atoms with Crippen LogP contribution in [0.5, 0.6) is 0 Å². The van der Waals surface area contributed by atoms with Crippen molar-refractivity contribution < 1.29 is 58.5 Å². The second-order valence-electron chi connectivity index (χ2n) is 38.9. The van der Waals surface area contributed by atoms with Gasteiger partial charge in [-0.3, -0.25) is 0 Å². The normalized spacial score (nSPS) is 35.0. The van der Waals surface area contributed by atoms with E-state index in [1.165, 1.54) is 125 Å². The molecule has 0 radical (unpaired) electrons. The zero-order chi connectivity index (χ0) is 86.7. The Morgan fingerprint density at radius 2 is 0.814 bits per heavy atom. The summed E-state index contributed by atoms with van der Waals surface area (Å²) in [6.07, 6.45) is 66.4. The summed E-state index contributed by atoms with van der Waals surface area (Å²) in [7, 11) is -13.0. The first-order valence-electron chi connectivity index (χ1n) is 44.5. The highest BCUT2D eigenvalue weighted by Crippen LogP contribution is 2.62. The summed E-state index contributed by atoms with van der Waals surface area (Å²) in [4.78, 5) is 0. The van der Waals surface area contributed by atoms with Gasteiger partial charge in [0.05, 0.1) is 24.4 Å². The molecule has 9 saturated carbocycles. The second-order valence-corrected chi connectivity index (χ2v) is 47.6. The lowest BCUT2D eigenvalue weighted by Crippen LogP contribution is -2.35. The summed E-state index contributed by atoms with van der Waals surface area (Å²) in [6, 6.07) is 0. The number of aliphatic hydroxyl groups is 4. The predicted octanol–water partition coefficient (Wildman–Crippen LogP) is 23.5. The van der Waals surface area contributed by atoms with Crippen LogP contribution in [0.1, 0.15) is 274 Å². The topological polar surface area (TPSA) is 217 Å². The Bertz CT molecular complexity index is 4510. The van der Waals surface area contributed by atoms with Gasteiger partial charge in [0.1, 0.15) is 14.2 Å². The average Bonchev–Trinajstić information content (AvgIpc) is 1.63. The van der Waals surface area contributed by atoms with Gasteiger partial charge >= 0.3 is 0 Å². The Balaban J connectivity index is 0.000000179. The van der Waals surface area contributed by atoms with Gasteiger partial charge in [-0.1, -0.05) is 234 Å². The standard InChI is InChI=1S/C25H35ClO3S.C25H35FO3S.2C25H38O3S/c2*1-17-7-11-21(27)16-20(17)10-9-19-6-5-15-25(3)22(12-13-23(19)25)18(2)8-14-24(26)30(4,28)29;2*1-18-9-12-22(26)17-21(18)11-10-20-8-5-15-25(3)23(13-14-24(20)25)19(2)7-6-16-29(4,27)28/h2*9-10,12,14,18,21,23,27H,1,5-8,11,13,15-16H2,2-4H3;10-11,13,19,22,24,26H,1,5-9,12,14-17H2,2-4H3;6,10-11,16,19,22-24,26H,1,5,7-9,12-15,17H2,2-4H3/b2*19-9+,20-10-,24-14+;20-10+,21-11-;16-6+,20-10+,21-11-. The van der Waals surface area contributed by atoms with Crippen LogP contribution in [0, 0.1) is 74.9 Å². The molecular formula is C100H146ClFO12S4. The summed E-state index contributed by atoms with van der Waals surface area (Å²) in [5.74, 6) is 4.36. The van der Waals surface area contributed by atoms with Crippen LogP contribution in [-0.4, -0.2) is 109 Å². The number of halogens is 2. The quantitative estimate of drug-likeness (QED) is 0.0789. The number of fused-ring (bicyclic) bond motifs is 4. The fourth-order valence-electron chi connectivity index (χ4n) is 23.2. The third kappa shape index (κ3) is 25.3. The first-order chi connectivity index (χ1) is 55.2. The first kappa shape index (κ1) is 97.0. The van der Waals surface area contributed by atoms with Gasteiger partial charge in [-0.25, -0.2) is 33.7 Å². The van der Waals surface area contributed by atoms with Crippen molar-refractivity contribution in [2.24, 2.45) is 74.9 Å². The summed E-state index contributed by atoms with van der Waals surface area (Å²) in [5, 5.41) is 40.3. The molecule has 0 saturated heterocycles. The van der Waals surface area contributed by atoms with Crippen molar-refractivity contribution in [3.63, 3.8) is 0 Å². The van der Waals surface area contributed by atoms with Gasteiger partial charge in [-0.15, -0.1) is 0 Å². The first-order valence-corrected chi connectivity index (χ1v) is 52.7. The molecule has 17 unspecified atom stereocenters. The van der Waals surface area contributed by atoms with Crippen LogP contribution in [0.15, 0.2) is 210 Å². The number of sulfone groups is 4. The molecule has 0 amide bonds. The molecule has 0 heterocycles. The van der Waals surface area contributed by atoms with E-state index in [4.69, 9.17) is 11.6 Å². The molecule has 12 aliphatic rings. The maximum atomic E-state index is 13.8. The molecule has 0 aromatic carbocycles. The molecule has 18 heteroatoms. The van der Waals surface area contributed by atoms with E-state index in [0.29, 0.717) is 78.3 Å². The maximum absolute atomic E-state index is 13.8. The van der Waals surface area contributed by atoms with Crippen molar-refractivity contribution in [1.82, 2.24) is 0 Å². The van der Waals surface area contributed by atoms with Crippen LogP contribution in [0.4, 0.5) is 4.39 Å². The van der Waals surface area contributed by atoms with E-state index in [1.807, 2.05) is 6.08 Å². The summed E-state index contributed by atoms with van der Waals surface area (Å²) in [5.41, 5.74) is 20.5. The lowest BCUT2D eigenvalue weighted by atomic mass is 9.61. The van der Waals surface area contributed by atoms with Gasteiger partial charge in [0, 0.05) is 36.2 Å². The Morgan fingerprint density at radius 1 is 0.466 bits per heavy atom. The highest BCUT2D eigenvalue weighted by atomic mass is 35.5. The molecule has 118 heavy (non-hydrogen) atoms. The molecule has 12 aliphatic carbocycles. The van der Waals surface area contributed by atoms with Crippen LogP contribution >= 0.6 is 11.6 Å². The number of rotatable bonds is 21. The fraction of sp³-hybridized carbons (Fsp3) is 0.640. The summed E-state index contributed by atoms with van der Waals surface area (Å²) < 4.78 is 105. The molecule has 0 aromatic rings. The minimum Gasteiger partial charge on any atom is -0.393 e. The van der Waals surface area contributed by atoms with Gasteiger partial charge in [0.15, 0.2) is 19.7 Å². The molecule has 0 spiro atoms. The Morgan fingerprint density at radius 3 is 1.16 bits per heavy atom. The fourth-order valence-corrected chi connectivity index (χ4v) is 25.2. The minimum absolute atomic E-state index is 0.0422. The lowest BCUT2D eigenvalue weighted by Gasteiger charge is -2.44. The molecule has 12 nitrogen and oxygen atoms in total. The number of allylic oxidation sites excluding steroid dienone is 25. The predicted molar refractivity (Wildman–Crippen MR) is 490 cm³/mol. The molecule has 0 bridgehead atoms. The zero-order valence-corrected chi connectivity index (χ0v) is 77.7. The van der Waals surface area contributed by atoms with Crippen LogP contribution < -0.4 is 0 Å². The molecule has 9 fully saturated rings. The van der Waals surface area contributed by atoms with E-state index < -0.39 is 44.5 Å². The lowest BCUT2D eigenvalue weighted by molar-refractivity contribution is 0.0985. The SMILES string of the molecule is C=C1CCC(O)C/C1=C/C=C1\CCCC2(C)C(C(C)C/C=C(\Cl)S(C)(=O)=O)=CCC12.C=C1CCC(O)C/C1=C/C=C1\CCCC2(C)C(C(C)C/C=C(\F)S(C)(=O)=O)=CCC12.C=C1CCC(O)C/C1=C/C=C1\CCCC2(C)C(C(C)CCCS(C)(=O)=O)=CCC12.C=C1CCC(O)C/C1=C/C=C1\CCCC2(C)C1CCC2C(C)C/C=C/S(C)(=O)=O. The van der Waals surface area contributed by atoms with E-state index in [-0.39, 0.29) is 56.9 Å². The van der Waals surface area contributed by atoms with Crippen molar-refractivity contribution >= 4 is 50.9 Å². The molecule has 0 aromatic heterocycles. The monoisotopic (exact) mass is 1720 g/mol. The molecule has 12 rings (SSSR count). The minimum atomic E-state index is -3.76. The maximum Gasteiger partial charge on any atom is 0.210 e. The van der Waals surface area contributed by atoms with Gasteiger partial charge in [0.2, 0.25) is 15.0 Å². The van der Waals surface area contributed by atoms with E-state index in [9.17, 15) is 58.5 Å². The summed E-state index contributed by atoms with van der Waals surface area (Å²) >= 11 is 5.95. The third-order valence-electron chi connectivity index (χ3n) is 29.9. The number of aliphatic hydroxyl groups excluding tert-OH is 4. The number of hydrogen-bond donors (Lipinski definition) is 4. The summed E-state index contributed by atoms with van der Waals surface area (Å²) in [6.45, 7) is 35.1. The van der Waals surface area contributed by atoms with Crippen molar-refractivity contribution in [3.05, 3.63) is 210 Å². The van der Waals surface area contributed by atoms with Gasteiger partial charge in [-0.2, -0.15) is 4.39 Å². The third-order valence-corrected chi connectivity index (χ3v) is 34.3. The van der Waals surface area contributed by atoms with Crippen LogP contribution in [0.25, 0.3) is 0 Å². The van der Waals surface area contributed by atoms with E-state index in [0.717, 1.165) is 177 Å². The van der Waals surface area contributed by atoms with Gasteiger partial charge < -0.3 is 20.4 Å². The Labute approximate surface area is 718 Å². The van der Waals surface area contributed by atoms with Crippen molar-refractivity contribution in [2.75, 3.05) is 30.8 Å². The van der Waals surface area contributed by atoms with Crippen LogP contribution in [-0.2, 0) is 39.3 Å². The largest absolute Gasteiger partial charge is 0.393 e. The Hall–Kier alpha value is -4.82. The molecule has 17 atom stereocenters. The highest BCUT2D eigenvalue weighted by Gasteiger charge is 2.52. The van der Waals surface area contributed by atoms with Gasteiger partial charge in [0.25, 0.3) is 0 Å². The second kappa shape index (κ2) is 41.3. The average molecular weight is 1720 g/mol. The van der Waals surface area contributed by atoms with Crippen molar-refractivity contribution in [2.45, 2.75) is 298 Å². The molecular weight excluding hydrogens is 1580 g/mol.